The Morgan fingerprint density at radius 3 is 2.30 bits per heavy atom. The Balaban J connectivity index is 0.000000244. The number of carboxylic acid groups (broad SMARTS) is 1. The van der Waals surface area contributed by atoms with E-state index in [2.05, 4.69) is 24.8 Å². The summed E-state index contributed by atoms with van der Waals surface area (Å²) in [6, 6.07) is 14.8. The van der Waals surface area contributed by atoms with Gasteiger partial charge in [-0.15, -0.1) is 11.8 Å². The summed E-state index contributed by atoms with van der Waals surface area (Å²) >= 11 is 1.81. The molecule has 2 aromatic carbocycles. The Kier molecular flexibility index (Phi) is 8.69. The van der Waals surface area contributed by atoms with Crippen molar-refractivity contribution >= 4 is 17.7 Å². The van der Waals surface area contributed by atoms with Crippen LogP contribution in [0.5, 0.6) is 5.75 Å². The van der Waals surface area contributed by atoms with E-state index in [-0.39, 0.29) is 0 Å². The van der Waals surface area contributed by atoms with Crippen LogP contribution in [0.15, 0.2) is 53.4 Å². The predicted octanol–water partition coefficient (Wildman–Crippen LogP) is 4.92. The monoisotopic (exact) mass is 387 g/mol. The molecule has 0 aromatic heterocycles. The Labute approximate surface area is 166 Å². The highest BCUT2D eigenvalue weighted by atomic mass is 32.2. The number of thioether (sulfide) groups is 1. The molecule has 27 heavy (non-hydrogen) atoms. The number of hydrogen-bond donors (Lipinski definition) is 2. The van der Waals surface area contributed by atoms with E-state index < -0.39 is 5.97 Å². The van der Waals surface area contributed by atoms with Crippen LogP contribution in [0.2, 0.25) is 0 Å². The molecule has 0 amide bonds. The molecule has 2 aromatic rings. The zero-order valence-corrected chi connectivity index (χ0v) is 16.9. The molecule has 3 rings (SSSR count). The molecule has 0 saturated carbocycles. The molecule has 0 radical (unpaired) electrons. The minimum Gasteiger partial charge on any atom is -0.507 e. The molecule has 2 N–H and O–H groups in total. The summed E-state index contributed by atoms with van der Waals surface area (Å²) in [5, 5.41) is 18.2. The van der Waals surface area contributed by atoms with Crippen molar-refractivity contribution in [3.8, 4) is 5.75 Å². The van der Waals surface area contributed by atoms with Crippen molar-refractivity contribution in [3.63, 3.8) is 0 Å². The molecule has 1 atom stereocenters. The minimum atomic E-state index is -0.879. The van der Waals surface area contributed by atoms with E-state index in [0.29, 0.717) is 17.4 Å². The fraction of sp³-hybridized carbons (Fsp3) is 0.409. The summed E-state index contributed by atoms with van der Waals surface area (Å²) in [6.07, 6.45) is 3.51. The molecule has 0 saturated heterocycles. The van der Waals surface area contributed by atoms with E-state index >= 15 is 0 Å². The van der Waals surface area contributed by atoms with E-state index in [0.717, 1.165) is 17.1 Å². The van der Waals surface area contributed by atoms with Crippen LogP contribution in [-0.2, 0) is 6.42 Å². The van der Waals surface area contributed by atoms with E-state index in [9.17, 15) is 9.90 Å². The van der Waals surface area contributed by atoms with E-state index in [4.69, 9.17) is 5.11 Å². The molecule has 5 heteroatoms. The summed E-state index contributed by atoms with van der Waals surface area (Å²) in [5.41, 5.74) is 1.64. The molecule has 0 spiro atoms. The molecular weight excluding hydrogens is 358 g/mol. The number of hydrogen-bond acceptors (Lipinski definition) is 4. The molecule has 1 heterocycles. The van der Waals surface area contributed by atoms with Gasteiger partial charge < -0.3 is 10.2 Å². The lowest BCUT2D eigenvalue weighted by Crippen LogP contribution is -2.41. The van der Waals surface area contributed by atoms with Crippen molar-refractivity contribution in [1.82, 2.24) is 4.90 Å². The number of phenols is 1. The highest BCUT2D eigenvalue weighted by molar-refractivity contribution is 7.99. The lowest BCUT2D eigenvalue weighted by Gasteiger charge is -2.34. The van der Waals surface area contributed by atoms with Crippen molar-refractivity contribution in [2.45, 2.75) is 44.0 Å². The first kappa shape index (κ1) is 21.3. The Bertz CT molecular complexity index is 715. The lowest BCUT2D eigenvalue weighted by molar-refractivity contribution is 0.0697. The quantitative estimate of drug-likeness (QED) is 0.737. The van der Waals surface area contributed by atoms with Crippen molar-refractivity contribution in [2.75, 3.05) is 18.8 Å². The van der Waals surface area contributed by atoms with Crippen molar-refractivity contribution in [3.05, 3.63) is 59.7 Å². The zero-order chi connectivity index (χ0) is 19.6. The third-order valence-electron chi connectivity index (χ3n) is 4.51. The summed E-state index contributed by atoms with van der Waals surface area (Å²) in [7, 11) is 0. The van der Waals surface area contributed by atoms with Crippen LogP contribution in [0.3, 0.4) is 0 Å². The lowest BCUT2D eigenvalue weighted by atomic mass is 10.0. The SMILES string of the molecule is CCCN(CCC)C1CSc2c(O)cccc2C1.O=C(O)c1ccccc1. The van der Waals surface area contributed by atoms with Crippen LogP contribution in [-0.4, -0.2) is 46.0 Å². The number of carboxylic acids is 1. The molecule has 0 fully saturated rings. The van der Waals surface area contributed by atoms with E-state index in [1.165, 1.54) is 31.5 Å². The molecule has 146 valence electrons. The maximum atomic E-state index is 10.2. The average molecular weight is 388 g/mol. The van der Waals surface area contributed by atoms with Crippen LogP contribution in [0.4, 0.5) is 0 Å². The van der Waals surface area contributed by atoms with Crippen LogP contribution >= 0.6 is 11.8 Å². The highest BCUT2D eigenvalue weighted by Crippen LogP contribution is 2.38. The first-order valence-corrected chi connectivity index (χ1v) is 10.5. The van der Waals surface area contributed by atoms with Gasteiger partial charge in [0.15, 0.2) is 0 Å². The van der Waals surface area contributed by atoms with Crippen molar-refractivity contribution in [2.24, 2.45) is 0 Å². The van der Waals surface area contributed by atoms with Gasteiger partial charge in [-0.2, -0.15) is 0 Å². The summed E-state index contributed by atoms with van der Waals surface area (Å²) < 4.78 is 0. The maximum Gasteiger partial charge on any atom is 0.335 e. The molecule has 1 unspecified atom stereocenters. The van der Waals surface area contributed by atoms with Crippen molar-refractivity contribution < 1.29 is 15.0 Å². The molecule has 4 nitrogen and oxygen atoms in total. The van der Waals surface area contributed by atoms with E-state index in [1.807, 2.05) is 17.8 Å². The van der Waals surface area contributed by atoms with Gasteiger partial charge in [0.1, 0.15) is 5.75 Å². The van der Waals surface area contributed by atoms with Gasteiger partial charge in [0, 0.05) is 11.8 Å². The second-order valence-electron chi connectivity index (χ2n) is 6.64. The van der Waals surface area contributed by atoms with Gasteiger partial charge in [-0.05, 0) is 56.1 Å². The number of aromatic hydroxyl groups is 1. The first-order valence-electron chi connectivity index (χ1n) is 9.52. The number of carbonyl (C=O) groups is 1. The highest BCUT2D eigenvalue weighted by Gasteiger charge is 2.25. The third kappa shape index (κ3) is 6.29. The molecule has 0 bridgehead atoms. The van der Waals surface area contributed by atoms with Crippen LogP contribution < -0.4 is 0 Å². The van der Waals surface area contributed by atoms with Gasteiger partial charge in [0.25, 0.3) is 0 Å². The topological polar surface area (TPSA) is 60.8 Å². The Morgan fingerprint density at radius 1 is 1.07 bits per heavy atom. The van der Waals surface area contributed by atoms with Gasteiger partial charge >= 0.3 is 5.97 Å². The van der Waals surface area contributed by atoms with E-state index in [1.54, 1.807) is 36.4 Å². The van der Waals surface area contributed by atoms with Crippen LogP contribution in [0.25, 0.3) is 0 Å². The molecule has 1 aliphatic rings. The Hall–Kier alpha value is -1.98. The molecule has 1 aliphatic heterocycles. The summed E-state index contributed by atoms with van der Waals surface area (Å²) in [4.78, 5) is 13.9. The smallest absolute Gasteiger partial charge is 0.335 e. The van der Waals surface area contributed by atoms with Gasteiger partial charge in [0.05, 0.1) is 10.5 Å². The standard InChI is InChI=1S/C15H23NOS.C7H6O2/c1-3-8-16(9-4-2)13-10-12-6-5-7-14(17)15(12)18-11-13;8-7(9)6-4-2-1-3-5-6/h5-7,13,17H,3-4,8-11H2,1-2H3;1-5H,(H,8,9). The third-order valence-corrected chi connectivity index (χ3v) is 5.82. The number of nitrogens with zero attached hydrogens (tertiary/aromatic N) is 1. The van der Waals surface area contributed by atoms with Gasteiger partial charge in [-0.25, -0.2) is 4.79 Å². The number of aromatic carboxylic acids is 1. The van der Waals surface area contributed by atoms with Crippen LogP contribution in [0.1, 0.15) is 42.6 Å². The largest absolute Gasteiger partial charge is 0.507 e. The zero-order valence-electron chi connectivity index (χ0n) is 16.1. The van der Waals surface area contributed by atoms with Gasteiger partial charge in [-0.1, -0.05) is 44.2 Å². The van der Waals surface area contributed by atoms with Crippen LogP contribution in [0, 0.1) is 0 Å². The van der Waals surface area contributed by atoms with Gasteiger partial charge in [-0.3, -0.25) is 4.90 Å². The average Bonchev–Trinajstić information content (AvgIpc) is 2.69. The molecular formula is C22H29NO3S. The number of fused-ring (bicyclic) bond motifs is 1. The number of rotatable bonds is 6. The minimum absolute atomic E-state index is 0.331. The fourth-order valence-electron chi connectivity index (χ4n) is 3.26. The molecule has 0 aliphatic carbocycles. The first-order chi connectivity index (χ1) is 13.1. The fourth-order valence-corrected chi connectivity index (χ4v) is 4.50. The van der Waals surface area contributed by atoms with Gasteiger partial charge in [0.2, 0.25) is 0 Å². The van der Waals surface area contributed by atoms with Crippen molar-refractivity contribution in [1.29, 1.82) is 0 Å². The normalized spacial score (nSPS) is 15.6. The summed E-state index contributed by atoms with van der Waals surface area (Å²) in [5.74, 6) is 0.675. The number of benzene rings is 2. The Morgan fingerprint density at radius 2 is 1.74 bits per heavy atom. The second-order valence-corrected chi connectivity index (χ2v) is 7.67. The summed E-state index contributed by atoms with van der Waals surface area (Å²) in [6.45, 7) is 6.87. The predicted molar refractivity (Wildman–Crippen MR) is 112 cm³/mol. The number of phenolic OH excluding ortho intramolecular Hbond substituents is 1. The maximum absolute atomic E-state index is 10.2. The second kappa shape index (κ2) is 11.0.